The Balaban J connectivity index is 1.40. The van der Waals surface area contributed by atoms with E-state index in [2.05, 4.69) is 100 Å². The van der Waals surface area contributed by atoms with E-state index >= 15 is 0 Å². The van der Waals surface area contributed by atoms with Crippen LogP contribution in [0.5, 0.6) is 0 Å². The number of hydrogen-bond acceptors (Lipinski definition) is 4. The highest BCUT2D eigenvalue weighted by Crippen LogP contribution is 2.59. The Hall–Kier alpha value is -5.22. The second kappa shape index (κ2) is 8.67. The molecule has 3 heterocycles. The fourth-order valence-electron chi connectivity index (χ4n) is 7.37. The number of rotatable bonds is 2. The van der Waals surface area contributed by atoms with Gasteiger partial charge in [-0.1, -0.05) is 113 Å². The van der Waals surface area contributed by atoms with E-state index in [0.29, 0.717) is 11.4 Å². The lowest BCUT2D eigenvalue weighted by Crippen LogP contribution is -2.36. The third-order valence-corrected chi connectivity index (χ3v) is 9.93. The van der Waals surface area contributed by atoms with Crippen molar-refractivity contribution in [2.75, 3.05) is 0 Å². The van der Waals surface area contributed by atoms with Crippen molar-refractivity contribution >= 4 is 44.0 Å². The molecule has 212 valence electrons. The minimum Gasteiger partial charge on any atom is -0.456 e. The molecule has 0 aliphatic heterocycles. The zero-order chi connectivity index (χ0) is 29.8. The van der Waals surface area contributed by atoms with E-state index in [9.17, 15) is 0 Å². The fourth-order valence-corrected chi connectivity index (χ4v) is 7.37. The molecule has 0 N–H and O–H groups in total. The Labute approximate surface area is 255 Å². The first-order valence-electron chi connectivity index (χ1n) is 15.2. The van der Waals surface area contributed by atoms with Gasteiger partial charge in [0.1, 0.15) is 28.0 Å². The van der Waals surface area contributed by atoms with Crippen molar-refractivity contribution in [2.24, 2.45) is 5.41 Å². The van der Waals surface area contributed by atoms with Gasteiger partial charge in [-0.25, -0.2) is 9.97 Å². The molecule has 0 spiro atoms. The normalized spacial score (nSPS) is 16.3. The molecular weight excluding hydrogens is 540 g/mol. The van der Waals surface area contributed by atoms with Crippen molar-refractivity contribution in [3.05, 3.63) is 120 Å². The molecule has 1 atom stereocenters. The third kappa shape index (κ3) is 3.23. The molecule has 0 saturated carbocycles. The minimum absolute atomic E-state index is 0.0535. The van der Waals surface area contributed by atoms with Crippen LogP contribution >= 0.6 is 0 Å². The van der Waals surface area contributed by atoms with Crippen molar-refractivity contribution in [3.8, 4) is 33.8 Å². The first-order chi connectivity index (χ1) is 21.3. The molecule has 9 rings (SSSR count). The summed E-state index contributed by atoms with van der Waals surface area (Å²) in [4.78, 5) is 10.2. The SMILES string of the molecule is CC(C)(C)C1(C)c2ccccc2-c2ccc3c(oc4cccc(-c5nc(-c6ccccc6)nc6c5oc5ccccc56)c43)c21. The molecule has 44 heavy (non-hydrogen) atoms. The minimum atomic E-state index is -0.242. The Bertz CT molecular complexity index is 2440. The molecule has 0 amide bonds. The van der Waals surface area contributed by atoms with E-state index in [1.54, 1.807) is 0 Å². The van der Waals surface area contributed by atoms with E-state index in [0.717, 1.165) is 55.2 Å². The molecule has 8 aromatic rings. The maximum Gasteiger partial charge on any atom is 0.180 e. The molecule has 0 radical (unpaired) electrons. The van der Waals surface area contributed by atoms with Crippen molar-refractivity contribution in [1.29, 1.82) is 0 Å². The van der Waals surface area contributed by atoms with Gasteiger partial charge in [0.15, 0.2) is 11.4 Å². The smallest absolute Gasteiger partial charge is 0.180 e. The van der Waals surface area contributed by atoms with Crippen LogP contribution in [-0.2, 0) is 5.41 Å². The van der Waals surface area contributed by atoms with Crippen LogP contribution < -0.4 is 0 Å². The van der Waals surface area contributed by atoms with Crippen LogP contribution in [0.25, 0.3) is 77.8 Å². The predicted molar refractivity (Wildman–Crippen MR) is 179 cm³/mol. The third-order valence-electron chi connectivity index (χ3n) is 9.93. The number of furan rings is 2. The Morgan fingerprint density at radius 1 is 0.591 bits per heavy atom. The van der Waals surface area contributed by atoms with Gasteiger partial charge in [-0.2, -0.15) is 0 Å². The highest BCUT2D eigenvalue weighted by molar-refractivity contribution is 6.17. The number of fused-ring (bicyclic) bond motifs is 10. The maximum atomic E-state index is 6.89. The fraction of sp³-hybridized carbons (Fsp3) is 0.150. The lowest BCUT2D eigenvalue weighted by atomic mass is 9.62. The molecule has 1 aliphatic carbocycles. The van der Waals surface area contributed by atoms with E-state index < -0.39 is 0 Å². The lowest BCUT2D eigenvalue weighted by Gasteiger charge is -2.40. The lowest BCUT2D eigenvalue weighted by molar-refractivity contribution is 0.255. The van der Waals surface area contributed by atoms with Crippen LogP contribution in [0.4, 0.5) is 0 Å². The first-order valence-corrected chi connectivity index (χ1v) is 15.2. The second-order valence-corrected chi connectivity index (χ2v) is 13.1. The van der Waals surface area contributed by atoms with Crippen LogP contribution in [0.2, 0.25) is 0 Å². The summed E-state index contributed by atoms with van der Waals surface area (Å²) in [5.41, 5.74) is 11.6. The van der Waals surface area contributed by atoms with Crippen molar-refractivity contribution in [1.82, 2.24) is 9.97 Å². The molecule has 0 saturated heterocycles. The summed E-state index contributed by atoms with van der Waals surface area (Å²) in [7, 11) is 0. The predicted octanol–water partition coefficient (Wildman–Crippen LogP) is 10.9. The Morgan fingerprint density at radius 2 is 1.30 bits per heavy atom. The van der Waals surface area contributed by atoms with Crippen molar-refractivity contribution in [3.63, 3.8) is 0 Å². The number of para-hydroxylation sites is 1. The maximum absolute atomic E-state index is 6.89. The Morgan fingerprint density at radius 3 is 2.14 bits per heavy atom. The van der Waals surface area contributed by atoms with Crippen LogP contribution in [0.15, 0.2) is 118 Å². The molecule has 5 aromatic carbocycles. The van der Waals surface area contributed by atoms with Gasteiger partial charge in [0.25, 0.3) is 0 Å². The largest absolute Gasteiger partial charge is 0.456 e. The first kappa shape index (κ1) is 25.3. The summed E-state index contributed by atoms with van der Waals surface area (Å²) in [6, 6.07) is 37.8. The van der Waals surface area contributed by atoms with Crippen LogP contribution in [0, 0.1) is 5.41 Å². The topological polar surface area (TPSA) is 52.1 Å². The van der Waals surface area contributed by atoms with Crippen LogP contribution in [0.1, 0.15) is 38.8 Å². The van der Waals surface area contributed by atoms with E-state index in [1.807, 2.05) is 36.4 Å². The summed E-state index contributed by atoms with van der Waals surface area (Å²) < 4.78 is 13.4. The zero-order valence-electron chi connectivity index (χ0n) is 25.1. The quantitative estimate of drug-likeness (QED) is 0.207. The standard InChI is InChI=1S/C40H30N2O2/c1-39(2,3)40(4)29-18-10-8-15-24(29)25-21-22-28-32-27(17-12-20-31(32)44-36(28)33(25)40)35-37-34(26-16-9-11-19-30(26)43-37)41-38(42-35)23-13-6-5-7-14-23/h5-22H,1-4H3. The van der Waals surface area contributed by atoms with Crippen molar-refractivity contribution < 1.29 is 8.83 Å². The monoisotopic (exact) mass is 570 g/mol. The molecule has 0 fully saturated rings. The van der Waals surface area contributed by atoms with Crippen molar-refractivity contribution in [2.45, 2.75) is 33.1 Å². The second-order valence-electron chi connectivity index (χ2n) is 13.1. The highest BCUT2D eigenvalue weighted by Gasteiger charge is 2.49. The van der Waals surface area contributed by atoms with Gasteiger partial charge in [0.05, 0.1) is 0 Å². The zero-order valence-corrected chi connectivity index (χ0v) is 25.1. The van der Waals surface area contributed by atoms with E-state index in [1.165, 1.54) is 22.3 Å². The molecule has 4 nitrogen and oxygen atoms in total. The molecular formula is C40H30N2O2. The average molecular weight is 571 g/mol. The molecule has 1 unspecified atom stereocenters. The number of nitrogens with zero attached hydrogens (tertiary/aromatic N) is 2. The van der Waals surface area contributed by atoms with Gasteiger partial charge in [0.2, 0.25) is 0 Å². The van der Waals surface area contributed by atoms with E-state index in [4.69, 9.17) is 18.8 Å². The summed E-state index contributed by atoms with van der Waals surface area (Å²) in [6.45, 7) is 9.36. The molecule has 4 heteroatoms. The summed E-state index contributed by atoms with van der Waals surface area (Å²) in [6.07, 6.45) is 0. The molecule has 3 aromatic heterocycles. The summed E-state index contributed by atoms with van der Waals surface area (Å²) in [5.74, 6) is 0.668. The van der Waals surface area contributed by atoms with E-state index in [-0.39, 0.29) is 10.8 Å². The number of aromatic nitrogens is 2. The summed E-state index contributed by atoms with van der Waals surface area (Å²) >= 11 is 0. The molecule has 1 aliphatic rings. The van der Waals surface area contributed by atoms with Crippen LogP contribution in [-0.4, -0.2) is 9.97 Å². The van der Waals surface area contributed by atoms with Gasteiger partial charge in [-0.05, 0) is 46.4 Å². The van der Waals surface area contributed by atoms with Gasteiger partial charge in [-0.15, -0.1) is 0 Å². The number of hydrogen-bond donors (Lipinski definition) is 0. The Kier molecular flexibility index (Phi) is 4.98. The highest BCUT2D eigenvalue weighted by atomic mass is 16.3. The van der Waals surface area contributed by atoms with Crippen LogP contribution in [0.3, 0.4) is 0 Å². The van der Waals surface area contributed by atoms with Gasteiger partial charge >= 0.3 is 0 Å². The number of benzene rings is 5. The average Bonchev–Trinajstić information content (AvgIpc) is 3.69. The van der Waals surface area contributed by atoms with Gasteiger partial charge in [-0.3, -0.25) is 0 Å². The van der Waals surface area contributed by atoms with Gasteiger partial charge in [0, 0.05) is 38.3 Å². The summed E-state index contributed by atoms with van der Waals surface area (Å²) in [5, 5.41) is 3.10. The molecule has 0 bridgehead atoms. The van der Waals surface area contributed by atoms with Gasteiger partial charge < -0.3 is 8.83 Å².